The van der Waals surface area contributed by atoms with Crippen LogP contribution in [-0.2, 0) is 9.53 Å². The van der Waals surface area contributed by atoms with E-state index in [1.165, 1.54) is 0 Å². The predicted octanol–water partition coefficient (Wildman–Crippen LogP) is 1.39. The molecule has 1 aliphatic rings. The van der Waals surface area contributed by atoms with E-state index in [0.29, 0.717) is 0 Å². The van der Waals surface area contributed by atoms with Gasteiger partial charge in [-0.2, -0.15) is 0 Å². The van der Waals surface area contributed by atoms with E-state index in [9.17, 15) is 4.79 Å². The second kappa shape index (κ2) is 5.83. The largest absolute Gasteiger partial charge is 0.378 e. The Morgan fingerprint density at radius 1 is 1.53 bits per heavy atom. The standard InChI is InChI=1S/C13H26N2O2/c1-5-6-7-17-11-8-10(13(11,2)3)15(4)12(16)9-14/h10-11H,5-9,14H2,1-4H3. The van der Waals surface area contributed by atoms with Crippen molar-refractivity contribution in [3.05, 3.63) is 0 Å². The molecule has 0 saturated heterocycles. The zero-order chi connectivity index (χ0) is 13.1. The van der Waals surface area contributed by atoms with Gasteiger partial charge in [0.15, 0.2) is 0 Å². The van der Waals surface area contributed by atoms with Crippen LogP contribution < -0.4 is 5.73 Å². The number of unbranched alkanes of at least 4 members (excludes halogenated alkanes) is 1. The summed E-state index contributed by atoms with van der Waals surface area (Å²) in [6.45, 7) is 7.40. The Hall–Kier alpha value is -0.610. The van der Waals surface area contributed by atoms with Gasteiger partial charge in [0.1, 0.15) is 0 Å². The van der Waals surface area contributed by atoms with Crippen LogP contribution in [0.3, 0.4) is 0 Å². The Morgan fingerprint density at radius 2 is 2.18 bits per heavy atom. The molecule has 2 unspecified atom stereocenters. The van der Waals surface area contributed by atoms with Gasteiger partial charge >= 0.3 is 0 Å². The molecular formula is C13H26N2O2. The Morgan fingerprint density at radius 3 is 2.65 bits per heavy atom. The van der Waals surface area contributed by atoms with E-state index in [4.69, 9.17) is 10.5 Å². The number of likely N-dealkylation sites (N-methyl/N-ethyl adjacent to an activating group) is 1. The number of rotatable bonds is 6. The number of ether oxygens (including phenoxy) is 1. The van der Waals surface area contributed by atoms with Crippen LogP contribution in [0.5, 0.6) is 0 Å². The van der Waals surface area contributed by atoms with E-state index in [0.717, 1.165) is 25.9 Å². The minimum atomic E-state index is 0.00934. The van der Waals surface area contributed by atoms with E-state index in [-0.39, 0.29) is 30.0 Å². The van der Waals surface area contributed by atoms with E-state index in [1.807, 2.05) is 7.05 Å². The third-order valence-electron chi connectivity index (χ3n) is 3.98. The number of carbonyl (C=O) groups is 1. The van der Waals surface area contributed by atoms with E-state index in [1.54, 1.807) is 4.90 Å². The van der Waals surface area contributed by atoms with Gasteiger partial charge in [-0.05, 0) is 12.8 Å². The van der Waals surface area contributed by atoms with Gasteiger partial charge in [0.25, 0.3) is 0 Å². The molecule has 1 fully saturated rings. The topological polar surface area (TPSA) is 55.6 Å². The zero-order valence-electron chi connectivity index (χ0n) is 11.5. The number of nitrogens with zero attached hydrogens (tertiary/aromatic N) is 1. The fourth-order valence-electron chi connectivity index (χ4n) is 2.49. The quantitative estimate of drug-likeness (QED) is 0.716. The monoisotopic (exact) mass is 242 g/mol. The van der Waals surface area contributed by atoms with Gasteiger partial charge in [-0.3, -0.25) is 4.79 Å². The predicted molar refractivity (Wildman–Crippen MR) is 68.7 cm³/mol. The molecule has 0 bridgehead atoms. The van der Waals surface area contributed by atoms with Gasteiger partial charge in [0.05, 0.1) is 12.6 Å². The van der Waals surface area contributed by atoms with E-state index >= 15 is 0 Å². The summed E-state index contributed by atoms with van der Waals surface area (Å²) in [7, 11) is 1.84. The van der Waals surface area contributed by atoms with E-state index in [2.05, 4.69) is 20.8 Å². The van der Waals surface area contributed by atoms with Gasteiger partial charge in [0.2, 0.25) is 5.91 Å². The summed E-state index contributed by atoms with van der Waals surface area (Å²) in [6.07, 6.45) is 3.46. The molecule has 100 valence electrons. The molecule has 17 heavy (non-hydrogen) atoms. The van der Waals surface area contributed by atoms with Crippen molar-refractivity contribution in [2.24, 2.45) is 11.1 Å². The molecule has 1 amide bonds. The first kappa shape index (κ1) is 14.5. The first-order valence-electron chi connectivity index (χ1n) is 6.52. The summed E-state index contributed by atoms with van der Waals surface area (Å²) in [5.41, 5.74) is 5.42. The van der Waals surface area contributed by atoms with Crippen LogP contribution in [-0.4, -0.2) is 43.2 Å². The molecule has 0 aromatic carbocycles. The molecule has 1 rings (SSSR count). The molecule has 1 saturated carbocycles. The van der Waals surface area contributed by atoms with Crippen molar-refractivity contribution in [3.63, 3.8) is 0 Å². The van der Waals surface area contributed by atoms with Crippen LogP contribution in [0.1, 0.15) is 40.0 Å². The highest BCUT2D eigenvalue weighted by Crippen LogP contribution is 2.45. The third-order valence-corrected chi connectivity index (χ3v) is 3.98. The molecule has 2 N–H and O–H groups in total. The number of hydrogen-bond acceptors (Lipinski definition) is 3. The SMILES string of the molecule is CCCCOC1CC(N(C)C(=O)CN)C1(C)C. The maximum Gasteiger partial charge on any atom is 0.236 e. The van der Waals surface area contributed by atoms with Crippen molar-refractivity contribution in [2.45, 2.75) is 52.2 Å². The normalized spacial score (nSPS) is 26.4. The van der Waals surface area contributed by atoms with Crippen molar-refractivity contribution in [1.82, 2.24) is 4.90 Å². The molecule has 0 aromatic heterocycles. The number of amides is 1. The first-order chi connectivity index (χ1) is 7.95. The van der Waals surface area contributed by atoms with Crippen LogP contribution in [0, 0.1) is 5.41 Å². The average Bonchev–Trinajstić information content (AvgIpc) is 2.31. The van der Waals surface area contributed by atoms with Crippen LogP contribution >= 0.6 is 0 Å². The van der Waals surface area contributed by atoms with Gasteiger partial charge < -0.3 is 15.4 Å². The molecule has 2 atom stereocenters. The van der Waals surface area contributed by atoms with E-state index < -0.39 is 0 Å². The molecule has 0 aliphatic heterocycles. The van der Waals surface area contributed by atoms with Crippen molar-refractivity contribution >= 4 is 5.91 Å². The Bertz CT molecular complexity index is 266. The molecule has 0 heterocycles. The third kappa shape index (κ3) is 2.99. The van der Waals surface area contributed by atoms with Gasteiger partial charge in [-0.25, -0.2) is 0 Å². The molecule has 0 spiro atoms. The Balaban J connectivity index is 2.45. The van der Waals surface area contributed by atoms with Crippen molar-refractivity contribution in [2.75, 3.05) is 20.2 Å². The molecule has 0 aromatic rings. The van der Waals surface area contributed by atoms with Gasteiger partial charge in [-0.1, -0.05) is 27.2 Å². The lowest BCUT2D eigenvalue weighted by Crippen LogP contribution is -2.63. The molecule has 0 radical (unpaired) electrons. The maximum atomic E-state index is 11.6. The van der Waals surface area contributed by atoms with Gasteiger partial charge in [0, 0.05) is 25.1 Å². The lowest BCUT2D eigenvalue weighted by molar-refractivity contribution is -0.163. The molecular weight excluding hydrogens is 216 g/mol. The molecule has 1 aliphatic carbocycles. The second-order valence-corrected chi connectivity index (χ2v) is 5.49. The second-order valence-electron chi connectivity index (χ2n) is 5.49. The Labute approximate surface area is 104 Å². The van der Waals surface area contributed by atoms with Crippen molar-refractivity contribution in [1.29, 1.82) is 0 Å². The number of nitrogens with two attached hydrogens (primary N) is 1. The highest BCUT2D eigenvalue weighted by molar-refractivity contribution is 5.78. The van der Waals surface area contributed by atoms with Crippen LogP contribution in [0.4, 0.5) is 0 Å². The first-order valence-corrected chi connectivity index (χ1v) is 6.52. The lowest BCUT2D eigenvalue weighted by Gasteiger charge is -2.54. The number of hydrogen-bond donors (Lipinski definition) is 1. The number of carbonyl (C=O) groups excluding carboxylic acids is 1. The fourth-order valence-corrected chi connectivity index (χ4v) is 2.49. The highest BCUT2D eigenvalue weighted by Gasteiger charge is 2.51. The van der Waals surface area contributed by atoms with Gasteiger partial charge in [-0.15, -0.1) is 0 Å². The summed E-state index contributed by atoms with van der Waals surface area (Å²) in [5.74, 6) is 0.00934. The fraction of sp³-hybridized carbons (Fsp3) is 0.923. The minimum absolute atomic E-state index is 0.00934. The smallest absolute Gasteiger partial charge is 0.236 e. The summed E-state index contributed by atoms with van der Waals surface area (Å²) < 4.78 is 5.86. The summed E-state index contributed by atoms with van der Waals surface area (Å²) in [5, 5.41) is 0. The minimum Gasteiger partial charge on any atom is -0.378 e. The zero-order valence-corrected chi connectivity index (χ0v) is 11.5. The highest BCUT2D eigenvalue weighted by atomic mass is 16.5. The summed E-state index contributed by atoms with van der Waals surface area (Å²) >= 11 is 0. The average molecular weight is 242 g/mol. The molecule has 4 nitrogen and oxygen atoms in total. The van der Waals surface area contributed by atoms with Crippen molar-refractivity contribution in [3.8, 4) is 0 Å². The van der Waals surface area contributed by atoms with Crippen LogP contribution in [0.2, 0.25) is 0 Å². The van der Waals surface area contributed by atoms with Crippen LogP contribution in [0.25, 0.3) is 0 Å². The molecule has 4 heteroatoms. The lowest BCUT2D eigenvalue weighted by atomic mass is 9.64. The van der Waals surface area contributed by atoms with Crippen molar-refractivity contribution < 1.29 is 9.53 Å². The Kier molecular flexibility index (Phi) is 4.95. The van der Waals surface area contributed by atoms with Crippen LogP contribution in [0.15, 0.2) is 0 Å². The summed E-state index contributed by atoms with van der Waals surface area (Å²) in [4.78, 5) is 13.3. The maximum absolute atomic E-state index is 11.6. The summed E-state index contributed by atoms with van der Waals surface area (Å²) in [6, 6.07) is 0.255.